The summed E-state index contributed by atoms with van der Waals surface area (Å²) in [5, 5.41) is 12.0. The zero-order chi connectivity index (χ0) is 41.9. The molecule has 2 aliphatic rings. The summed E-state index contributed by atoms with van der Waals surface area (Å²) in [6, 6.07) is 66.1. The molecule has 0 saturated heterocycles. The molecule has 0 radical (unpaired) electrons. The van der Waals surface area contributed by atoms with Crippen LogP contribution in [-0.4, -0.2) is 15.0 Å². The van der Waals surface area contributed by atoms with Crippen molar-refractivity contribution in [2.75, 3.05) is 0 Å². The summed E-state index contributed by atoms with van der Waals surface area (Å²) in [6.45, 7) is 0. The average molecular weight is 809 g/mol. The van der Waals surface area contributed by atoms with E-state index in [0.717, 1.165) is 79.3 Å². The van der Waals surface area contributed by atoms with Crippen molar-refractivity contribution in [2.24, 2.45) is 0 Å². The van der Waals surface area contributed by atoms with Crippen molar-refractivity contribution >= 4 is 21.9 Å². The van der Waals surface area contributed by atoms with E-state index in [1.807, 2.05) is 36.4 Å². The van der Waals surface area contributed by atoms with Gasteiger partial charge in [0.1, 0.15) is 11.2 Å². The molecule has 2 aromatic heterocycles. The summed E-state index contributed by atoms with van der Waals surface area (Å²) >= 11 is 0. The van der Waals surface area contributed by atoms with Crippen LogP contribution in [0, 0.1) is 11.3 Å². The third-order valence-corrected chi connectivity index (χ3v) is 13.4. The summed E-state index contributed by atoms with van der Waals surface area (Å²) in [5.74, 6) is 1.79. The first kappa shape index (κ1) is 36.9. The van der Waals surface area contributed by atoms with Crippen LogP contribution in [-0.2, 0) is 5.41 Å². The van der Waals surface area contributed by atoms with Crippen molar-refractivity contribution in [3.05, 3.63) is 199 Å². The number of para-hydroxylation sites is 1. The smallest absolute Gasteiger partial charge is 0.164 e. The zero-order valence-electron chi connectivity index (χ0n) is 34.6. The summed E-state index contributed by atoms with van der Waals surface area (Å²) in [5.41, 5.74) is 17.4. The van der Waals surface area contributed by atoms with Gasteiger partial charge in [-0.15, -0.1) is 0 Å². The van der Waals surface area contributed by atoms with Gasteiger partial charge in [0.25, 0.3) is 0 Å². The molecule has 0 aliphatic heterocycles. The van der Waals surface area contributed by atoms with Crippen LogP contribution in [0.5, 0.6) is 0 Å². The maximum absolute atomic E-state index is 9.83. The van der Waals surface area contributed by atoms with Crippen molar-refractivity contribution in [3.8, 4) is 84.7 Å². The monoisotopic (exact) mass is 808 g/mol. The maximum atomic E-state index is 9.83. The fraction of sp³-hybridized carbons (Fsp3) is 0.103. The molecule has 5 nitrogen and oxygen atoms in total. The van der Waals surface area contributed by atoms with Gasteiger partial charge in [0, 0.05) is 32.9 Å². The SMILES string of the molecule is N#Cc1ccc2c(c1)C1(CCCCC1)c1cccc(-c3ccc(-c4ccc(-c5nc(-c6ccc(-c7ccccc7)cc6)nc(-c6ccc7c(c6)oc6ccccc67)n5)cc4)cc3)c1-2. The molecular weight excluding hydrogens is 769 g/mol. The molecular formula is C58H40N4O. The summed E-state index contributed by atoms with van der Waals surface area (Å²) in [7, 11) is 0. The van der Waals surface area contributed by atoms with Crippen molar-refractivity contribution in [2.45, 2.75) is 37.5 Å². The molecule has 0 unspecified atom stereocenters. The summed E-state index contributed by atoms with van der Waals surface area (Å²) in [4.78, 5) is 15.2. The predicted octanol–water partition coefficient (Wildman–Crippen LogP) is 14.9. The van der Waals surface area contributed by atoms with Gasteiger partial charge < -0.3 is 4.42 Å². The van der Waals surface area contributed by atoms with E-state index in [9.17, 15) is 5.26 Å². The van der Waals surface area contributed by atoms with E-state index in [1.165, 1.54) is 52.6 Å². The maximum Gasteiger partial charge on any atom is 0.164 e. The van der Waals surface area contributed by atoms with Crippen LogP contribution in [0.1, 0.15) is 48.8 Å². The van der Waals surface area contributed by atoms with Crippen LogP contribution in [0.4, 0.5) is 0 Å². The lowest BCUT2D eigenvalue weighted by atomic mass is 9.67. The first-order chi connectivity index (χ1) is 31.1. The fourth-order valence-corrected chi connectivity index (χ4v) is 10.3. The number of aromatic nitrogens is 3. The van der Waals surface area contributed by atoms with E-state index >= 15 is 0 Å². The van der Waals surface area contributed by atoms with Gasteiger partial charge >= 0.3 is 0 Å². The summed E-state index contributed by atoms with van der Waals surface area (Å²) in [6.07, 6.45) is 5.97. The largest absolute Gasteiger partial charge is 0.456 e. The highest BCUT2D eigenvalue weighted by Gasteiger charge is 2.44. The van der Waals surface area contributed by atoms with E-state index in [4.69, 9.17) is 19.4 Å². The van der Waals surface area contributed by atoms with Crippen LogP contribution < -0.4 is 0 Å². The van der Waals surface area contributed by atoms with Gasteiger partial charge in [-0.2, -0.15) is 5.26 Å². The number of benzene rings is 8. The second kappa shape index (κ2) is 14.9. The van der Waals surface area contributed by atoms with Crippen LogP contribution >= 0.6 is 0 Å². The normalized spacial score (nSPS) is 13.8. The number of nitriles is 1. The van der Waals surface area contributed by atoms with Gasteiger partial charge in [0.05, 0.1) is 11.6 Å². The molecule has 2 heterocycles. The van der Waals surface area contributed by atoms with Crippen LogP contribution in [0.2, 0.25) is 0 Å². The lowest BCUT2D eigenvalue weighted by molar-refractivity contribution is 0.353. The molecule has 1 saturated carbocycles. The van der Waals surface area contributed by atoms with Crippen molar-refractivity contribution in [1.82, 2.24) is 15.0 Å². The highest BCUT2D eigenvalue weighted by Crippen LogP contribution is 2.58. The molecule has 298 valence electrons. The molecule has 5 heteroatoms. The molecule has 12 rings (SSSR count). The topological polar surface area (TPSA) is 75.6 Å². The lowest BCUT2D eigenvalue weighted by Gasteiger charge is -2.36. The minimum absolute atomic E-state index is 0.0113. The van der Waals surface area contributed by atoms with Crippen molar-refractivity contribution in [3.63, 3.8) is 0 Å². The molecule has 0 amide bonds. The Kier molecular flexibility index (Phi) is 8.72. The quantitative estimate of drug-likeness (QED) is 0.167. The van der Waals surface area contributed by atoms with Gasteiger partial charge in [-0.3, -0.25) is 0 Å². The van der Waals surface area contributed by atoms with E-state index < -0.39 is 0 Å². The highest BCUT2D eigenvalue weighted by molar-refractivity contribution is 6.05. The molecule has 2 aliphatic carbocycles. The molecule has 63 heavy (non-hydrogen) atoms. The first-order valence-electron chi connectivity index (χ1n) is 21.9. The highest BCUT2D eigenvalue weighted by atomic mass is 16.3. The number of hydrogen-bond acceptors (Lipinski definition) is 5. The Balaban J connectivity index is 0.889. The minimum Gasteiger partial charge on any atom is -0.456 e. The van der Waals surface area contributed by atoms with Gasteiger partial charge in [-0.1, -0.05) is 171 Å². The number of furan rings is 1. The van der Waals surface area contributed by atoms with Gasteiger partial charge in [-0.25, -0.2) is 15.0 Å². The molecule has 0 bridgehead atoms. The Morgan fingerprint density at radius 1 is 0.413 bits per heavy atom. The molecule has 0 N–H and O–H groups in total. The lowest BCUT2D eigenvalue weighted by Crippen LogP contribution is -2.28. The Hall–Kier alpha value is -7.94. The Morgan fingerprint density at radius 2 is 0.968 bits per heavy atom. The molecule has 1 fully saturated rings. The van der Waals surface area contributed by atoms with Crippen molar-refractivity contribution in [1.29, 1.82) is 5.26 Å². The summed E-state index contributed by atoms with van der Waals surface area (Å²) < 4.78 is 6.27. The second-order valence-electron chi connectivity index (χ2n) is 17.0. The Labute approximate surface area is 366 Å². The van der Waals surface area contributed by atoms with Crippen molar-refractivity contribution < 1.29 is 4.42 Å². The van der Waals surface area contributed by atoms with E-state index in [0.29, 0.717) is 17.5 Å². The molecule has 8 aromatic carbocycles. The fourth-order valence-electron chi connectivity index (χ4n) is 10.3. The third kappa shape index (κ3) is 6.25. The van der Waals surface area contributed by atoms with E-state index in [2.05, 4.69) is 152 Å². The van der Waals surface area contributed by atoms with E-state index in [-0.39, 0.29) is 5.41 Å². The van der Waals surface area contributed by atoms with Gasteiger partial charge in [-0.05, 0) is 98.8 Å². The second-order valence-corrected chi connectivity index (χ2v) is 17.0. The van der Waals surface area contributed by atoms with Gasteiger partial charge in [0.15, 0.2) is 17.5 Å². The number of hydrogen-bond donors (Lipinski definition) is 0. The number of fused-ring (bicyclic) bond motifs is 8. The zero-order valence-corrected chi connectivity index (χ0v) is 34.6. The Morgan fingerprint density at radius 3 is 1.63 bits per heavy atom. The average Bonchev–Trinajstić information content (AvgIpc) is 3.86. The third-order valence-electron chi connectivity index (χ3n) is 13.4. The Bertz CT molecular complexity index is 3410. The van der Waals surface area contributed by atoms with Crippen LogP contribution in [0.25, 0.3) is 101 Å². The van der Waals surface area contributed by atoms with E-state index in [1.54, 1.807) is 0 Å². The molecule has 1 spiro atoms. The minimum atomic E-state index is -0.0113. The first-order valence-corrected chi connectivity index (χ1v) is 21.9. The molecule has 10 aromatic rings. The number of nitrogens with zero attached hydrogens (tertiary/aromatic N) is 4. The number of rotatable bonds is 6. The van der Waals surface area contributed by atoms with Crippen LogP contribution in [0.15, 0.2) is 186 Å². The van der Waals surface area contributed by atoms with Gasteiger partial charge in [0.2, 0.25) is 0 Å². The standard InChI is InChI=1S/C58H40N4O/c59-36-37-16-30-49-51(34-37)58(32-7-2-8-33-58)50-14-9-13-46(54(49)50)42-23-17-40(18-24-42)41-21-27-44(28-22-41)56-60-55(43-25-19-39(20-26-43)38-10-3-1-4-11-38)61-57(62-56)45-29-31-48-47-12-5-6-15-52(47)63-53(48)35-45/h1,3-6,9-31,34-35H,2,7-8,32-33H2. The molecule has 0 atom stereocenters. The predicted molar refractivity (Wildman–Crippen MR) is 254 cm³/mol. The van der Waals surface area contributed by atoms with Crippen LogP contribution in [0.3, 0.4) is 0 Å².